The van der Waals surface area contributed by atoms with Crippen LogP contribution >= 0.6 is 0 Å². The Kier molecular flexibility index (Phi) is 6.68. The van der Waals surface area contributed by atoms with Crippen LogP contribution in [0.25, 0.3) is 0 Å². The van der Waals surface area contributed by atoms with Gasteiger partial charge in [-0.15, -0.1) is 0 Å². The van der Waals surface area contributed by atoms with Crippen molar-refractivity contribution in [2.45, 2.75) is 32.9 Å². The minimum atomic E-state index is -0.369. The van der Waals surface area contributed by atoms with Gasteiger partial charge in [0.05, 0.1) is 0 Å². The van der Waals surface area contributed by atoms with Gasteiger partial charge in [0, 0.05) is 30.8 Å². The Morgan fingerprint density at radius 1 is 0.857 bits per heavy atom. The first-order valence-corrected chi connectivity index (χ1v) is 11.2. The molecule has 0 spiro atoms. The van der Waals surface area contributed by atoms with E-state index < -0.39 is 0 Å². The van der Waals surface area contributed by atoms with Crippen molar-refractivity contribution >= 4 is 23.2 Å². The number of benzene rings is 2. The van der Waals surface area contributed by atoms with Crippen LogP contribution in [0.5, 0.6) is 5.75 Å². The SMILES string of the molecule is Cn1ccc(C(=O)Nc2cccc(NC(=O)c3ccn(COc4ccc(C(C)(C)C)cc4)n3)c2)n1. The zero-order valence-electron chi connectivity index (χ0n) is 20.1. The van der Waals surface area contributed by atoms with Gasteiger partial charge in [-0.1, -0.05) is 39.0 Å². The standard InChI is InChI=1S/C26H28N6O3/c1-26(2,3)18-8-10-21(11-9-18)35-17-32-15-13-23(30-32)25(34)28-20-7-5-6-19(16-20)27-24(33)22-12-14-31(4)29-22/h5-16H,17H2,1-4H3,(H,27,33)(H,28,34). The number of aromatic nitrogens is 4. The number of carbonyl (C=O) groups excluding carboxylic acids is 2. The van der Waals surface area contributed by atoms with Crippen molar-refractivity contribution < 1.29 is 14.3 Å². The minimum absolute atomic E-state index is 0.0764. The molecule has 180 valence electrons. The summed E-state index contributed by atoms with van der Waals surface area (Å²) in [5, 5.41) is 13.9. The lowest BCUT2D eigenvalue weighted by atomic mass is 9.87. The molecule has 0 radical (unpaired) electrons. The van der Waals surface area contributed by atoms with Crippen molar-refractivity contribution in [3.05, 3.63) is 90.0 Å². The average Bonchev–Trinajstić information content (AvgIpc) is 3.47. The Morgan fingerprint density at radius 3 is 2.03 bits per heavy atom. The lowest BCUT2D eigenvalue weighted by Gasteiger charge is -2.19. The van der Waals surface area contributed by atoms with Crippen molar-refractivity contribution in [3.63, 3.8) is 0 Å². The molecule has 2 amide bonds. The van der Waals surface area contributed by atoms with E-state index in [1.165, 1.54) is 5.56 Å². The summed E-state index contributed by atoms with van der Waals surface area (Å²) in [4.78, 5) is 25.0. The molecule has 9 nitrogen and oxygen atoms in total. The van der Waals surface area contributed by atoms with Gasteiger partial charge in [-0.25, -0.2) is 4.68 Å². The predicted octanol–water partition coefficient (Wildman–Crippen LogP) is 4.46. The normalized spacial score (nSPS) is 11.2. The van der Waals surface area contributed by atoms with Gasteiger partial charge in [0.1, 0.15) is 5.75 Å². The number of anilines is 2. The highest BCUT2D eigenvalue weighted by molar-refractivity contribution is 6.05. The third kappa shape index (κ3) is 6.14. The lowest BCUT2D eigenvalue weighted by molar-refractivity contribution is 0.101. The number of nitrogens with one attached hydrogen (secondary N) is 2. The van der Waals surface area contributed by atoms with E-state index in [0.717, 1.165) is 5.75 Å². The number of amides is 2. The van der Waals surface area contributed by atoms with Gasteiger partial charge >= 0.3 is 0 Å². The molecule has 0 aliphatic heterocycles. The van der Waals surface area contributed by atoms with Gasteiger partial charge in [-0.2, -0.15) is 10.2 Å². The molecule has 0 fully saturated rings. The zero-order valence-corrected chi connectivity index (χ0v) is 20.1. The maximum atomic E-state index is 12.7. The van der Waals surface area contributed by atoms with Crippen LogP contribution in [0.2, 0.25) is 0 Å². The second kappa shape index (κ2) is 9.84. The van der Waals surface area contributed by atoms with Gasteiger partial charge < -0.3 is 15.4 Å². The van der Waals surface area contributed by atoms with E-state index in [0.29, 0.717) is 17.1 Å². The molecule has 35 heavy (non-hydrogen) atoms. The lowest BCUT2D eigenvalue weighted by Crippen LogP contribution is -2.15. The van der Waals surface area contributed by atoms with E-state index in [1.54, 1.807) is 65.2 Å². The van der Waals surface area contributed by atoms with Crippen LogP contribution in [0.15, 0.2) is 73.1 Å². The fraction of sp³-hybridized carbons (Fsp3) is 0.231. The van der Waals surface area contributed by atoms with Crippen molar-refractivity contribution in [1.29, 1.82) is 0 Å². The highest BCUT2D eigenvalue weighted by Gasteiger charge is 2.14. The van der Waals surface area contributed by atoms with Crippen molar-refractivity contribution in [1.82, 2.24) is 19.6 Å². The molecule has 2 aromatic carbocycles. The second-order valence-electron chi connectivity index (χ2n) is 9.15. The van der Waals surface area contributed by atoms with E-state index in [1.807, 2.05) is 24.3 Å². The van der Waals surface area contributed by atoms with E-state index in [2.05, 4.69) is 41.6 Å². The van der Waals surface area contributed by atoms with Gasteiger partial charge in [-0.3, -0.25) is 14.3 Å². The molecule has 0 aliphatic rings. The highest BCUT2D eigenvalue weighted by Crippen LogP contribution is 2.24. The summed E-state index contributed by atoms with van der Waals surface area (Å²) >= 11 is 0. The third-order valence-corrected chi connectivity index (χ3v) is 5.28. The largest absolute Gasteiger partial charge is 0.471 e. The summed E-state index contributed by atoms with van der Waals surface area (Å²) in [5.74, 6) is 0.0245. The molecule has 2 heterocycles. The average molecular weight is 473 g/mol. The van der Waals surface area contributed by atoms with Crippen molar-refractivity contribution in [3.8, 4) is 5.75 Å². The molecule has 9 heteroatoms. The fourth-order valence-corrected chi connectivity index (χ4v) is 3.35. The van der Waals surface area contributed by atoms with Crippen LogP contribution in [0.4, 0.5) is 11.4 Å². The molecule has 0 saturated heterocycles. The van der Waals surface area contributed by atoms with Crippen LogP contribution in [-0.2, 0) is 19.2 Å². The van der Waals surface area contributed by atoms with Crippen LogP contribution in [-0.4, -0.2) is 31.4 Å². The maximum absolute atomic E-state index is 12.7. The van der Waals surface area contributed by atoms with E-state index >= 15 is 0 Å². The Hall–Kier alpha value is -4.40. The topological polar surface area (TPSA) is 103 Å². The van der Waals surface area contributed by atoms with Gasteiger partial charge in [0.25, 0.3) is 11.8 Å². The summed E-state index contributed by atoms with van der Waals surface area (Å²) < 4.78 is 8.89. The van der Waals surface area contributed by atoms with Crippen LogP contribution in [0, 0.1) is 0 Å². The van der Waals surface area contributed by atoms with Gasteiger partial charge in [-0.05, 0) is 53.4 Å². The Morgan fingerprint density at radius 2 is 1.46 bits per heavy atom. The molecule has 0 aliphatic carbocycles. The highest BCUT2D eigenvalue weighted by atomic mass is 16.5. The quantitative estimate of drug-likeness (QED) is 0.414. The van der Waals surface area contributed by atoms with Crippen molar-refractivity contribution in [2.75, 3.05) is 10.6 Å². The Labute approximate surface area is 203 Å². The second-order valence-corrected chi connectivity index (χ2v) is 9.15. The molecule has 0 saturated carbocycles. The third-order valence-electron chi connectivity index (χ3n) is 5.28. The number of carbonyl (C=O) groups is 2. The smallest absolute Gasteiger partial charge is 0.276 e. The molecule has 2 N–H and O–H groups in total. The fourth-order valence-electron chi connectivity index (χ4n) is 3.35. The number of hydrogen-bond donors (Lipinski definition) is 2. The first-order chi connectivity index (χ1) is 16.7. The van der Waals surface area contributed by atoms with Crippen molar-refractivity contribution in [2.24, 2.45) is 7.05 Å². The molecule has 4 rings (SSSR count). The summed E-state index contributed by atoms with van der Waals surface area (Å²) in [7, 11) is 1.74. The molecule has 0 atom stereocenters. The predicted molar refractivity (Wildman–Crippen MR) is 134 cm³/mol. The summed E-state index contributed by atoms with van der Waals surface area (Å²) in [5.41, 5.74) is 2.92. The molecule has 0 unspecified atom stereocenters. The summed E-state index contributed by atoms with van der Waals surface area (Å²) in [6.45, 7) is 6.66. The van der Waals surface area contributed by atoms with Crippen LogP contribution in [0.3, 0.4) is 0 Å². The molecular weight excluding hydrogens is 444 g/mol. The molecule has 4 aromatic rings. The first kappa shape index (κ1) is 23.7. The van der Waals surface area contributed by atoms with Gasteiger partial charge in [0.2, 0.25) is 0 Å². The monoisotopic (exact) mass is 472 g/mol. The first-order valence-electron chi connectivity index (χ1n) is 11.2. The maximum Gasteiger partial charge on any atom is 0.276 e. The van der Waals surface area contributed by atoms with Crippen LogP contribution < -0.4 is 15.4 Å². The van der Waals surface area contributed by atoms with Crippen LogP contribution in [0.1, 0.15) is 47.3 Å². The molecule has 0 bridgehead atoms. The number of nitrogens with zero attached hydrogens (tertiary/aromatic N) is 4. The molecule has 2 aromatic heterocycles. The van der Waals surface area contributed by atoms with E-state index in [9.17, 15) is 9.59 Å². The Balaban J connectivity index is 1.33. The number of hydrogen-bond acceptors (Lipinski definition) is 5. The van der Waals surface area contributed by atoms with E-state index in [-0.39, 0.29) is 29.7 Å². The van der Waals surface area contributed by atoms with Gasteiger partial charge in [0.15, 0.2) is 18.1 Å². The zero-order chi connectivity index (χ0) is 25.0. The Bertz CT molecular complexity index is 1330. The number of ether oxygens (including phenoxy) is 1. The number of aryl methyl sites for hydroxylation is 1. The summed E-state index contributed by atoms with van der Waals surface area (Å²) in [6, 6.07) is 18.1. The number of rotatable bonds is 7. The minimum Gasteiger partial charge on any atom is -0.471 e. The summed E-state index contributed by atoms with van der Waals surface area (Å²) in [6.07, 6.45) is 3.38. The van der Waals surface area contributed by atoms with E-state index in [4.69, 9.17) is 4.74 Å². The molecular formula is C26H28N6O3.